The number of hydrogen-bond donors (Lipinski definition) is 0. The van der Waals surface area contributed by atoms with E-state index in [1.165, 1.54) is 24.3 Å². The highest BCUT2D eigenvalue weighted by atomic mass is 16.6. The van der Waals surface area contributed by atoms with E-state index in [0.29, 0.717) is 12.2 Å². The molecule has 5 heteroatoms. The van der Waals surface area contributed by atoms with E-state index in [1.54, 1.807) is 0 Å². The predicted octanol–water partition coefficient (Wildman–Crippen LogP) is 3.64. The first-order valence-corrected chi connectivity index (χ1v) is 6.19. The Bertz CT molecular complexity index is 439. The minimum Gasteiger partial charge on any atom is -0.427 e. The summed E-state index contributed by atoms with van der Waals surface area (Å²) in [7, 11) is 0. The molecule has 0 fully saturated rings. The standard InChI is InChI=1S/C14H17NO4/c1-2-3-4-5-6-7-14(16)19-13-10-8-12(9-11-13)15(17)18/h2,8-11H,1,3-7H2. The van der Waals surface area contributed by atoms with Crippen LogP contribution in [0.2, 0.25) is 0 Å². The second kappa shape index (κ2) is 8.02. The van der Waals surface area contributed by atoms with Crippen LogP contribution in [0, 0.1) is 10.1 Å². The molecule has 19 heavy (non-hydrogen) atoms. The number of benzene rings is 1. The molecule has 0 unspecified atom stereocenters. The first-order chi connectivity index (χ1) is 9.13. The molecule has 0 bridgehead atoms. The summed E-state index contributed by atoms with van der Waals surface area (Å²) in [6.45, 7) is 3.63. The van der Waals surface area contributed by atoms with Crippen LogP contribution in [-0.4, -0.2) is 10.9 Å². The highest BCUT2D eigenvalue weighted by molar-refractivity contribution is 5.72. The van der Waals surface area contributed by atoms with E-state index in [0.717, 1.165) is 25.7 Å². The van der Waals surface area contributed by atoms with Crippen molar-refractivity contribution in [1.29, 1.82) is 0 Å². The highest BCUT2D eigenvalue weighted by Gasteiger charge is 2.07. The number of non-ortho nitro benzene ring substituents is 1. The summed E-state index contributed by atoms with van der Waals surface area (Å²) in [6, 6.07) is 5.47. The van der Waals surface area contributed by atoms with Gasteiger partial charge >= 0.3 is 5.97 Å². The topological polar surface area (TPSA) is 69.4 Å². The van der Waals surface area contributed by atoms with E-state index in [1.807, 2.05) is 6.08 Å². The number of nitro benzene ring substituents is 1. The van der Waals surface area contributed by atoms with Crippen LogP contribution in [0.5, 0.6) is 5.75 Å². The summed E-state index contributed by atoms with van der Waals surface area (Å²) < 4.78 is 5.07. The van der Waals surface area contributed by atoms with E-state index >= 15 is 0 Å². The summed E-state index contributed by atoms with van der Waals surface area (Å²) in [4.78, 5) is 21.4. The maximum atomic E-state index is 11.5. The van der Waals surface area contributed by atoms with Crippen molar-refractivity contribution in [2.75, 3.05) is 0 Å². The fourth-order valence-corrected chi connectivity index (χ4v) is 1.55. The van der Waals surface area contributed by atoms with Gasteiger partial charge in [-0.25, -0.2) is 0 Å². The minimum absolute atomic E-state index is 0.0239. The summed E-state index contributed by atoms with van der Waals surface area (Å²) in [5.41, 5.74) is -0.0239. The Morgan fingerprint density at radius 3 is 2.53 bits per heavy atom. The smallest absolute Gasteiger partial charge is 0.311 e. The zero-order valence-electron chi connectivity index (χ0n) is 10.7. The number of esters is 1. The Balaban J connectivity index is 2.31. The molecule has 0 spiro atoms. The van der Waals surface area contributed by atoms with Crippen LogP contribution >= 0.6 is 0 Å². The molecule has 0 atom stereocenters. The van der Waals surface area contributed by atoms with Crippen LogP contribution in [0.1, 0.15) is 32.1 Å². The average molecular weight is 263 g/mol. The van der Waals surface area contributed by atoms with E-state index < -0.39 is 4.92 Å². The largest absolute Gasteiger partial charge is 0.427 e. The van der Waals surface area contributed by atoms with Crippen molar-refractivity contribution in [3.63, 3.8) is 0 Å². The third kappa shape index (κ3) is 5.81. The summed E-state index contributed by atoms with van der Waals surface area (Å²) >= 11 is 0. The fourth-order valence-electron chi connectivity index (χ4n) is 1.55. The molecule has 5 nitrogen and oxygen atoms in total. The van der Waals surface area contributed by atoms with Gasteiger partial charge in [0.25, 0.3) is 5.69 Å². The van der Waals surface area contributed by atoms with Crippen molar-refractivity contribution in [2.45, 2.75) is 32.1 Å². The van der Waals surface area contributed by atoms with Gasteiger partial charge < -0.3 is 4.74 Å². The molecule has 0 saturated heterocycles. The van der Waals surface area contributed by atoms with Gasteiger partial charge in [-0.1, -0.05) is 12.5 Å². The van der Waals surface area contributed by atoms with Crippen molar-refractivity contribution >= 4 is 11.7 Å². The second-order valence-electron chi connectivity index (χ2n) is 4.11. The molecule has 0 N–H and O–H groups in total. The predicted molar refractivity (Wildman–Crippen MR) is 72.0 cm³/mol. The van der Waals surface area contributed by atoms with Crippen LogP contribution in [0.15, 0.2) is 36.9 Å². The molecule has 0 aliphatic heterocycles. The Morgan fingerprint density at radius 2 is 1.95 bits per heavy atom. The lowest BCUT2D eigenvalue weighted by Gasteiger charge is -2.03. The first kappa shape index (κ1) is 14.9. The number of unbranched alkanes of at least 4 members (excludes halogenated alkanes) is 3. The molecule has 1 rings (SSSR count). The van der Waals surface area contributed by atoms with Crippen LogP contribution in [0.4, 0.5) is 5.69 Å². The van der Waals surface area contributed by atoms with Gasteiger partial charge in [0, 0.05) is 18.6 Å². The summed E-state index contributed by atoms with van der Waals surface area (Å²) in [6.07, 6.45) is 5.93. The number of rotatable bonds is 8. The normalized spacial score (nSPS) is 9.89. The van der Waals surface area contributed by atoms with E-state index in [9.17, 15) is 14.9 Å². The molecule has 0 heterocycles. The van der Waals surface area contributed by atoms with Crippen molar-refractivity contribution in [2.24, 2.45) is 0 Å². The Labute approximate surface area is 112 Å². The number of nitro groups is 1. The Kier molecular flexibility index (Phi) is 6.29. The van der Waals surface area contributed by atoms with E-state index in [2.05, 4.69) is 6.58 Å². The maximum absolute atomic E-state index is 11.5. The zero-order chi connectivity index (χ0) is 14.1. The monoisotopic (exact) mass is 263 g/mol. The highest BCUT2D eigenvalue weighted by Crippen LogP contribution is 2.18. The lowest BCUT2D eigenvalue weighted by atomic mass is 10.1. The van der Waals surface area contributed by atoms with Gasteiger partial charge in [0.2, 0.25) is 0 Å². The van der Waals surface area contributed by atoms with Gasteiger partial charge in [-0.3, -0.25) is 14.9 Å². The van der Waals surface area contributed by atoms with Gasteiger partial charge in [0.05, 0.1) is 4.92 Å². The molecule has 0 radical (unpaired) electrons. The van der Waals surface area contributed by atoms with E-state index in [4.69, 9.17) is 4.74 Å². The van der Waals surface area contributed by atoms with Crippen LogP contribution in [0.25, 0.3) is 0 Å². The van der Waals surface area contributed by atoms with Gasteiger partial charge in [-0.05, 0) is 31.4 Å². The lowest BCUT2D eigenvalue weighted by Crippen LogP contribution is -2.07. The van der Waals surface area contributed by atoms with Gasteiger partial charge in [0.15, 0.2) is 0 Å². The quantitative estimate of drug-likeness (QED) is 0.179. The Morgan fingerprint density at radius 1 is 1.26 bits per heavy atom. The first-order valence-electron chi connectivity index (χ1n) is 6.19. The molecule has 102 valence electrons. The van der Waals surface area contributed by atoms with Gasteiger partial charge in [0.1, 0.15) is 5.75 Å². The molecule has 0 aromatic heterocycles. The number of carbonyl (C=O) groups is 1. The Hall–Kier alpha value is -2.17. The number of hydrogen-bond acceptors (Lipinski definition) is 4. The molecule has 0 aliphatic carbocycles. The summed E-state index contributed by atoms with van der Waals surface area (Å²) in [5, 5.41) is 10.5. The van der Waals surface area contributed by atoms with E-state index in [-0.39, 0.29) is 11.7 Å². The number of carbonyl (C=O) groups excluding carboxylic acids is 1. The van der Waals surface area contributed by atoms with Crippen LogP contribution in [-0.2, 0) is 4.79 Å². The molecule has 0 aliphatic rings. The molecular formula is C14H17NO4. The average Bonchev–Trinajstić information content (AvgIpc) is 2.39. The third-order valence-corrected chi connectivity index (χ3v) is 2.57. The van der Waals surface area contributed by atoms with Crippen LogP contribution in [0.3, 0.4) is 0 Å². The molecular weight excluding hydrogens is 246 g/mol. The van der Waals surface area contributed by atoms with Crippen LogP contribution < -0.4 is 4.74 Å². The molecule has 1 aromatic rings. The third-order valence-electron chi connectivity index (χ3n) is 2.57. The molecule has 0 amide bonds. The van der Waals surface area contributed by atoms with Crippen molar-refractivity contribution in [1.82, 2.24) is 0 Å². The molecule has 1 aromatic carbocycles. The van der Waals surface area contributed by atoms with Crippen molar-refractivity contribution < 1.29 is 14.5 Å². The number of allylic oxidation sites excluding steroid dienone is 1. The fraction of sp³-hybridized carbons (Fsp3) is 0.357. The number of ether oxygens (including phenoxy) is 1. The number of nitrogens with zero attached hydrogens (tertiary/aromatic N) is 1. The van der Waals surface area contributed by atoms with Crippen molar-refractivity contribution in [3.05, 3.63) is 47.0 Å². The van der Waals surface area contributed by atoms with Gasteiger partial charge in [-0.2, -0.15) is 0 Å². The zero-order valence-corrected chi connectivity index (χ0v) is 10.7. The minimum atomic E-state index is -0.495. The van der Waals surface area contributed by atoms with Gasteiger partial charge in [-0.15, -0.1) is 6.58 Å². The molecule has 0 saturated carbocycles. The van der Waals surface area contributed by atoms with Crippen molar-refractivity contribution in [3.8, 4) is 5.75 Å². The lowest BCUT2D eigenvalue weighted by molar-refractivity contribution is -0.384. The SMILES string of the molecule is C=CCCCCCC(=O)Oc1ccc([N+](=O)[O-])cc1. The maximum Gasteiger partial charge on any atom is 0.311 e. The summed E-state index contributed by atoms with van der Waals surface area (Å²) in [5.74, 6) is 0.0224. The second-order valence-corrected chi connectivity index (χ2v) is 4.11.